The number of benzene rings is 2. The molecule has 0 aliphatic rings. The van der Waals surface area contributed by atoms with Gasteiger partial charge in [-0.2, -0.15) is 8.78 Å². The first-order chi connectivity index (χ1) is 14.5. The second-order valence-corrected chi connectivity index (χ2v) is 6.43. The maximum atomic E-state index is 12.3. The number of methoxy groups -OCH3 is 1. The zero-order chi connectivity index (χ0) is 21.5. The highest BCUT2D eigenvalue weighted by molar-refractivity contribution is 5.95. The fourth-order valence-electron chi connectivity index (χ4n) is 3.01. The van der Waals surface area contributed by atoms with E-state index >= 15 is 0 Å². The largest absolute Gasteiger partial charge is 0.467 e. The summed E-state index contributed by atoms with van der Waals surface area (Å²) in [5.74, 6) is -1.02. The number of rotatable bonds is 8. The van der Waals surface area contributed by atoms with E-state index in [0.717, 1.165) is 16.5 Å². The minimum absolute atomic E-state index is 0.0242. The Morgan fingerprint density at radius 3 is 2.57 bits per heavy atom. The fourth-order valence-corrected chi connectivity index (χ4v) is 3.01. The number of halogens is 2. The van der Waals surface area contributed by atoms with Crippen LogP contribution in [0.2, 0.25) is 0 Å². The molecule has 0 radical (unpaired) electrons. The van der Waals surface area contributed by atoms with Crippen molar-refractivity contribution in [1.82, 2.24) is 10.3 Å². The number of aromatic amines is 1. The molecule has 0 aliphatic carbocycles. The van der Waals surface area contributed by atoms with E-state index in [0.29, 0.717) is 5.56 Å². The molecule has 0 bridgehead atoms. The second-order valence-electron chi connectivity index (χ2n) is 6.43. The highest BCUT2D eigenvalue weighted by Crippen LogP contribution is 2.19. The molecule has 0 saturated carbocycles. The number of carbonyl (C=O) groups is 2. The van der Waals surface area contributed by atoms with E-state index in [1.165, 1.54) is 43.5 Å². The molecule has 1 unspecified atom stereocenters. The number of esters is 1. The lowest BCUT2D eigenvalue weighted by atomic mass is 10.0. The van der Waals surface area contributed by atoms with Gasteiger partial charge in [0.25, 0.3) is 0 Å². The lowest BCUT2D eigenvalue weighted by molar-refractivity contribution is -0.144. The summed E-state index contributed by atoms with van der Waals surface area (Å²) in [6.07, 6.45) is 4.82. The van der Waals surface area contributed by atoms with E-state index in [9.17, 15) is 18.4 Å². The molecule has 1 amide bonds. The molecule has 1 aromatic heterocycles. The molecule has 0 fully saturated rings. The Bertz CT molecular complexity index is 1040. The molecule has 30 heavy (non-hydrogen) atoms. The number of fused-ring (bicyclic) bond motifs is 1. The van der Waals surface area contributed by atoms with Crippen LogP contribution in [0.1, 0.15) is 11.1 Å². The molecule has 8 heteroatoms. The molecule has 156 valence electrons. The second kappa shape index (κ2) is 9.69. The Morgan fingerprint density at radius 1 is 1.13 bits per heavy atom. The molecule has 0 aliphatic heterocycles. The summed E-state index contributed by atoms with van der Waals surface area (Å²) in [4.78, 5) is 27.6. The van der Waals surface area contributed by atoms with E-state index in [1.54, 1.807) is 6.20 Å². The highest BCUT2D eigenvalue weighted by Gasteiger charge is 2.22. The van der Waals surface area contributed by atoms with Gasteiger partial charge in [-0.1, -0.05) is 30.3 Å². The van der Waals surface area contributed by atoms with Crippen LogP contribution in [0.25, 0.3) is 17.0 Å². The summed E-state index contributed by atoms with van der Waals surface area (Å²) in [5, 5.41) is 3.60. The maximum absolute atomic E-state index is 12.3. The van der Waals surface area contributed by atoms with Gasteiger partial charge in [0.2, 0.25) is 5.91 Å². The zero-order valence-electron chi connectivity index (χ0n) is 16.1. The van der Waals surface area contributed by atoms with Gasteiger partial charge in [-0.05, 0) is 35.4 Å². The number of hydrogen-bond acceptors (Lipinski definition) is 4. The van der Waals surface area contributed by atoms with Gasteiger partial charge in [0, 0.05) is 29.6 Å². The normalized spacial score (nSPS) is 12.3. The van der Waals surface area contributed by atoms with Crippen molar-refractivity contribution in [3.05, 3.63) is 71.9 Å². The predicted molar refractivity (Wildman–Crippen MR) is 108 cm³/mol. The molecular formula is C22H20F2N2O4. The molecule has 6 nitrogen and oxygen atoms in total. The lowest BCUT2D eigenvalue weighted by Gasteiger charge is -2.15. The number of alkyl halides is 2. The number of nitrogens with one attached hydrogen (secondary N) is 2. The van der Waals surface area contributed by atoms with Gasteiger partial charge in [-0.25, -0.2) is 4.79 Å². The van der Waals surface area contributed by atoms with Crippen molar-refractivity contribution in [2.75, 3.05) is 7.11 Å². The van der Waals surface area contributed by atoms with E-state index in [4.69, 9.17) is 4.74 Å². The Balaban J connectivity index is 1.66. The summed E-state index contributed by atoms with van der Waals surface area (Å²) in [6.45, 7) is -2.90. The molecule has 0 saturated heterocycles. The van der Waals surface area contributed by atoms with Gasteiger partial charge in [0.1, 0.15) is 11.8 Å². The summed E-state index contributed by atoms with van der Waals surface area (Å²) in [6, 6.07) is 12.6. The summed E-state index contributed by atoms with van der Waals surface area (Å²) < 4.78 is 33.5. The van der Waals surface area contributed by atoms with Crippen LogP contribution >= 0.6 is 0 Å². The average Bonchev–Trinajstić information content (AvgIpc) is 3.15. The number of ether oxygens (including phenoxy) is 2. The number of para-hydroxylation sites is 1. The molecule has 3 rings (SSSR count). The Hall–Kier alpha value is -3.68. The third-order valence-corrected chi connectivity index (χ3v) is 4.43. The summed E-state index contributed by atoms with van der Waals surface area (Å²) in [7, 11) is 1.26. The van der Waals surface area contributed by atoms with Crippen LogP contribution in [0, 0.1) is 0 Å². The van der Waals surface area contributed by atoms with E-state index < -0.39 is 24.5 Å². The van der Waals surface area contributed by atoms with Gasteiger partial charge in [0.15, 0.2) is 0 Å². The van der Waals surface area contributed by atoms with E-state index in [1.807, 2.05) is 24.3 Å². The van der Waals surface area contributed by atoms with Crippen LogP contribution in [0.5, 0.6) is 5.75 Å². The van der Waals surface area contributed by atoms with Gasteiger partial charge in [-0.15, -0.1) is 0 Å². The van der Waals surface area contributed by atoms with E-state index in [2.05, 4.69) is 15.0 Å². The Kier molecular flexibility index (Phi) is 6.79. The van der Waals surface area contributed by atoms with Crippen LogP contribution in [0.15, 0.2) is 60.8 Å². The molecular weight excluding hydrogens is 394 g/mol. The predicted octanol–water partition coefficient (Wildman–Crippen LogP) is 3.68. The van der Waals surface area contributed by atoms with Crippen molar-refractivity contribution >= 4 is 28.9 Å². The van der Waals surface area contributed by atoms with Crippen molar-refractivity contribution in [3.8, 4) is 5.75 Å². The van der Waals surface area contributed by atoms with Crippen molar-refractivity contribution in [2.24, 2.45) is 0 Å². The quantitative estimate of drug-likeness (QED) is 0.435. The van der Waals surface area contributed by atoms with Crippen LogP contribution in [0.3, 0.4) is 0 Å². The van der Waals surface area contributed by atoms with Gasteiger partial charge < -0.3 is 19.8 Å². The first-order valence-electron chi connectivity index (χ1n) is 9.12. The first kappa shape index (κ1) is 21.0. The van der Waals surface area contributed by atoms with Crippen LogP contribution in [0.4, 0.5) is 8.78 Å². The molecule has 2 aromatic carbocycles. The van der Waals surface area contributed by atoms with Crippen molar-refractivity contribution in [1.29, 1.82) is 0 Å². The summed E-state index contributed by atoms with van der Waals surface area (Å²) >= 11 is 0. The third kappa shape index (κ3) is 5.44. The number of H-pyrrole nitrogens is 1. The molecule has 3 aromatic rings. The average molecular weight is 414 g/mol. The number of hydrogen-bond donors (Lipinski definition) is 2. The molecule has 1 atom stereocenters. The van der Waals surface area contributed by atoms with Crippen molar-refractivity contribution in [2.45, 2.75) is 19.1 Å². The van der Waals surface area contributed by atoms with Crippen molar-refractivity contribution in [3.63, 3.8) is 0 Å². The van der Waals surface area contributed by atoms with Gasteiger partial charge in [-0.3, -0.25) is 4.79 Å². The maximum Gasteiger partial charge on any atom is 0.387 e. The minimum atomic E-state index is -2.90. The topological polar surface area (TPSA) is 80.4 Å². The molecule has 2 N–H and O–H groups in total. The van der Waals surface area contributed by atoms with Crippen LogP contribution in [-0.2, 0) is 20.7 Å². The number of amides is 1. The SMILES string of the molecule is COC(=O)C(Cc1c[nH]c2ccccc12)NC(=O)/C=C/c1ccc(OC(F)F)cc1. The van der Waals surface area contributed by atoms with Gasteiger partial charge in [0.05, 0.1) is 7.11 Å². The first-order valence-corrected chi connectivity index (χ1v) is 9.12. The lowest BCUT2D eigenvalue weighted by Crippen LogP contribution is -2.42. The van der Waals surface area contributed by atoms with Crippen molar-refractivity contribution < 1.29 is 27.8 Å². The summed E-state index contributed by atoms with van der Waals surface area (Å²) in [5.41, 5.74) is 2.42. The van der Waals surface area contributed by atoms with Gasteiger partial charge >= 0.3 is 12.6 Å². The monoisotopic (exact) mass is 414 g/mol. The van der Waals surface area contributed by atoms with E-state index in [-0.39, 0.29) is 12.2 Å². The Morgan fingerprint density at radius 2 is 1.87 bits per heavy atom. The fraction of sp³-hybridized carbons (Fsp3) is 0.182. The third-order valence-electron chi connectivity index (χ3n) is 4.43. The Labute approximate surface area is 171 Å². The number of carbonyl (C=O) groups excluding carboxylic acids is 2. The number of aromatic nitrogens is 1. The van der Waals surface area contributed by atoms with Crippen LogP contribution < -0.4 is 10.1 Å². The highest BCUT2D eigenvalue weighted by atomic mass is 19.3. The smallest absolute Gasteiger partial charge is 0.387 e. The standard InChI is InChI=1S/C22H20F2N2O4/c1-29-21(28)19(12-15-13-25-18-5-3-2-4-17(15)18)26-20(27)11-8-14-6-9-16(10-7-14)30-22(23)24/h2-11,13,19,22,25H,12H2,1H3,(H,26,27)/b11-8+. The minimum Gasteiger partial charge on any atom is -0.467 e. The molecule has 0 spiro atoms. The zero-order valence-corrected chi connectivity index (χ0v) is 16.1. The molecule has 1 heterocycles. The van der Waals surface area contributed by atoms with Crippen LogP contribution in [-0.4, -0.2) is 36.6 Å².